The zero-order chi connectivity index (χ0) is 25.7. The zero-order valence-corrected chi connectivity index (χ0v) is 22.1. The molecule has 1 atom stereocenters. The summed E-state index contributed by atoms with van der Waals surface area (Å²) in [4.78, 5) is 30.6. The van der Waals surface area contributed by atoms with Gasteiger partial charge in [-0.1, -0.05) is 82.3 Å². The van der Waals surface area contributed by atoms with Crippen molar-refractivity contribution in [2.45, 2.75) is 65.0 Å². The van der Waals surface area contributed by atoms with Crippen LogP contribution in [0.1, 0.15) is 69.0 Å². The van der Waals surface area contributed by atoms with Gasteiger partial charge in [0, 0.05) is 37.9 Å². The van der Waals surface area contributed by atoms with Crippen molar-refractivity contribution in [1.29, 1.82) is 0 Å². The molecule has 2 heterocycles. The van der Waals surface area contributed by atoms with Crippen molar-refractivity contribution in [3.05, 3.63) is 95.3 Å². The summed E-state index contributed by atoms with van der Waals surface area (Å²) in [5, 5.41) is 0. The highest BCUT2D eigenvalue weighted by molar-refractivity contribution is 5.85. The van der Waals surface area contributed by atoms with E-state index in [0.29, 0.717) is 25.9 Å². The summed E-state index contributed by atoms with van der Waals surface area (Å²) >= 11 is 0. The molecule has 5 nitrogen and oxygen atoms in total. The minimum Gasteiger partial charge on any atom is -0.348 e. The Kier molecular flexibility index (Phi) is 7.97. The fraction of sp³-hybridized carbons (Fsp3) is 0.419. The fourth-order valence-corrected chi connectivity index (χ4v) is 5.04. The van der Waals surface area contributed by atoms with Gasteiger partial charge in [0.2, 0.25) is 11.8 Å². The molecular formula is C31H39N3O2. The number of fused-ring (bicyclic) bond motifs is 1. The van der Waals surface area contributed by atoms with Crippen LogP contribution in [0.4, 0.5) is 0 Å². The van der Waals surface area contributed by atoms with Crippen LogP contribution < -0.4 is 0 Å². The third-order valence-corrected chi connectivity index (χ3v) is 7.09. The number of aromatic nitrogens is 1. The quantitative estimate of drug-likeness (QED) is 0.418. The first-order chi connectivity index (χ1) is 17.3. The van der Waals surface area contributed by atoms with Crippen molar-refractivity contribution in [2.75, 3.05) is 19.6 Å². The molecule has 0 saturated heterocycles. The van der Waals surface area contributed by atoms with Crippen LogP contribution >= 0.6 is 0 Å². The van der Waals surface area contributed by atoms with Crippen molar-refractivity contribution >= 4 is 11.8 Å². The summed E-state index contributed by atoms with van der Waals surface area (Å²) in [5.74, 6) is 0.0503. The average Bonchev–Trinajstić information content (AvgIpc) is 3.35. The Morgan fingerprint density at radius 3 is 2.33 bits per heavy atom. The second-order valence-electron chi connectivity index (χ2n) is 10.8. The smallest absolute Gasteiger partial charge is 0.243 e. The number of hydrogen-bond donors (Lipinski definition) is 0. The number of rotatable bonds is 8. The Balaban J connectivity index is 1.53. The molecule has 2 amide bonds. The maximum atomic E-state index is 13.7. The molecule has 2 aromatic carbocycles. The maximum absolute atomic E-state index is 13.7. The van der Waals surface area contributed by atoms with Gasteiger partial charge in [-0.3, -0.25) is 9.59 Å². The molecule has 0 bridgehead atoms. The summed E-state index contributed by atoms with van der Waals surface area (Å²) in [7, 11) is 0. The van der Waals surface area contributed by atoms with Crippen LogP contribution in [0.5, 0.6) is 0 Å². The van der Waals surface area contributed by atoms with E-state index in [0.717, 1.165) is 29.8 Å². The Morgan fingerprint density at radius 1 is 0.944 bits per heavy atom. The maximum Gasteiger partial charge on any atom is 0.243 e. The molecule has 0 saturated carbocycles. The van der Waals surface area contributed by atoms with E-state index in [2.05, 4.69) is 74.9 Å². The third-order valence-electron chi connectivity index (χ3n) is 7.09. The first-order valence-corrected chi connectivity index (χ1v) is 13.1. The topological polar surface area (TPSA) is 45.6 Å². The van der Waals surface area contributed by atoms with E-state index < -0.39 is 0 Å². The van der Waals surface area contributed by atoms with E-state index in [4.69, 9.17) is 0 Å². The van der Waals surface area contributed by atoms with E-state index in [9.17, 15) is 9.59 Å². The fourth-order valence-electron chi connectivity index (χ4n) is 5.04. The van der Waals surface area contributed by atoms with Crippen molar-refractivity contribution in [1.82, 2.24) is 14.4 Å². The molecule has 0 fully saturated rings. The molecule has 5 heteroatoms. The normalized spacial score (nSPS) is 15.4. The van der Waals surface area contributed by atoms with Crippen LogP contribution in [0.25, 0.3) is 0 Å². The molecule has 3 aromatic rings. The monoisotopic (exact) mass is 485 g/mol. The molecular weight excluding hydrogens is 446 g/mol. The molecule has 1 aromatic heterocycles. The molecule has 0 spiro atoms. The highest BCUT2D eigenvalue weighted by Gasteiger charge is 2.33. The van der Waals surface area contributed by atoms with Crippen LogP contribution in [0.3, 0.4) is 0 Å². The van der Waals surface area contributed by atoms with Crippen LogP contribution in [0.15, 0.2) is 72.9 Å². The molecule has 190 valence electrons. The predicted molar refractivity (Wildman–Crippen MR) is 145 cm³/mol. The Labute approximate surface area is 215 Å². The molecule has 4 rings (SSSR count). The number of carbonyl (C=O) groups is 2. The lowest BCUT2D eigenvalue weighted by molar-refractivity contribution is -0.142. The molecule has 1 aliphatic rings. The van der Waals surface area contributed by atoms with Gasteiger partial charge in [0.1, 0.15) is 0 Å². The lowest BCUT2D eigenvalue weighted by atomic mass is 9.86. The molecule has 0 radical (unpaired) electrons. The number of aryl methyl sites for hydroxylation is 1. The molecule has 1 unspecified atom stereocenters. The zero-order valence-electron chi connectivity index (χ0n) is 22.1. The third kappa shape index (κ3) is 5.89. The van der Waals surface area contributed by atoms with E-state index in [1.54, 1.807) is 4.90 Å². The number of hydrogen-bond acceptors (Lipinski definition) is 2. The predicted octanol–water partition coefficient (Wildman–Crippen LogP) is 5.59. The lowest BCUT2D eigenvalue weighted by Gasteiger charge is -2.38. The average molecular weight is 486 g/mol. The second-order valence-corrected chi connectivity index (χ2v) is 10.8. The summed E-state index contributed by atoms with van der Waals surface area (Å²) in [5.41, 5.74) is 4.71. The SMILES string of the molecule is CCCN(CC(=O)N1CCn2cccc2C1c1ccc(C(C)(C)C)cc1)C(=O)CCc1ccccc1. The van der Waals surface area contributed by atoms with Crippen molar-refractivity contribution in [3.8, 4) is 0 Å². The first kappa shape index (κ1) is 25.7. The van der Waals surface area contributed by atoms with Crippen LogP contribution in [0, 0.1) is 0 Å². The Hall–Kier alpha value is -3.34. The highest BCUT2D eigenvalue weighted by atomic mass is 16.2. The van der Waals surface area contributed by atoms with E-state index in [1.807, 2.05) is 35.2 Å². The Bertz CT molecular complexity index is 1160. The van der Waals surface area contributed by atoms with Gasteiger partial charge in [0.05, 0.1) is 12.6 Å². The number of amides is 2. The van der Waals surface area contributed by atoms with Gasteiger partial charge in [-0.25, -0.2) is 0 Å². The van der Waals surface area contributed by atoms with E-state index >= 15 is 0 Å². The summed E-state index contributed by atoms with van der Waals surface area (Å²) in [6, 6.07) is 22.7. The largest absolute Gasteiger partial charge is 0.348 e. The minimum absolute atomic E-state index is 0.00820. The van der Waals surface area contributed by atoms with E-state index in [1.165, 1.54) is 5.56 Å². The van der Waals surface area contributed by atoms with Gasteiger partial charge < -0.3 is 14.4 Å². The standard InChI is InChI=1S/C31H39N3O2/c1-5-19-33(28(35)18-13-24-10-7-6-8-11-24)23-29(36)34-22-21-32-20-9-12-27(32)30(34)25-14-16-26(17-15-25)31(2,3)4/h6-12,14-17,20,30H,5,13,18-19,21-23H2,1-4H3. The first-order valence-electron chi connectivity index (χ1n) is 13.1. The molecule has 36 heavy (non-hydrogen) atoms. The number of carbonyl (C=O) groups excluding carboxylic acids is 2. The number of benzene rings is 2. The Morgan fingerprint density at radius 2 is 1.67 bits per heavy atom. The van der Waals surface area contributed by atoms with Crippen LogP contribution in [-0.4, -0.2) is 45.8 Å². The molecule has 0 aliphatic carbocycles. The minimum atomic E-state index is -0.154. The highest BCUT2D eigenvalue weighted by Crippen LogP contribution is 2.34. The van der Waals surface area contributed by atoms with Crippen molar-refractivity contribution < 1.29 is 9.59 Å². The van der Waals surface area contributed by atoms with Gasteiger partial charge >= 0.3 is 0 Å². The number of nitrogens with zero attached hydrogens (tertiary/aromatic N) is 3. The van der Waals surface area contributed by atoms with Gasteiger partial charge in [-0.15, -0.1) is 0 Å². The summed E-state index contributed by atoms with van der Waals surface area (Å²) in [6.07, 6.45) is 4.01. The van der Waals surface area contributed by atoms with Crippen LogP contribution in [-0.2, 0) is 28.0 Å². The summed E-state index contributed by atoms with van der Waals surface area (Å²) < 4.78 is 2.24. The molecule has 0 N–H and O–H groups in total. The second kappa shape index (κ2) is 11.2. The van der Waals surface area contributed by atoms with Crippen LogP contribution in [0.2, 0.25) is 0 Å². The van der Waals surface area contributed by atoms with Gasteiger partial charge in [0.15, 0.2) is 0 Å². The van der Waals surface area contributed by atoms with Gasteiger partial charge in [-0.05, 0) is 47.1 Å². The summed E-state index contributed by atoms with van der Waals surface area (Å²) in [6.45, 7) is 10.8. The van der Waals surface area contributed by atoms with Gasteiger partial charge in [-0.2, -0.15) is 0 Å². The van der Waals surface area contributed by atoms with E-state index in [-0.39, 0.29) is 29.8 Å². The van der Waals surface area contributed by atoms with Crippen molar-refractivity contribution in [2.24, 2.45) is 0 Å². The van der Waals surface area contributed by atoms with Gasteiger partial charge in [0.25, 0.3) is 0 Å². The van der Waals surface area contributed by atoms with Crippen molar-refractivity contribution in [3.63, 3.8) is 0 Å². The molecule has 1 aliphatic heterocycles. The lowest BCUT2D eigenvalue weighted by Crippen LogP contribution is -2.48.